The summed E-state index contributed by atoms with van der Waals surface area (Å²) in [6.45, 7) is 0.122. The van der Waals surface area contributed by atoms with Crippen LogP contribution in [0.3, 0.4) is 0 Å². The van der Waals surface area contributed by atoms with Gasteiger partial charge in [0.05, 0.1) is 0 Å². The Morgan fingerprint density at radius 3 is 2.48 bits per heavy atom. The molecule has 1 saturated carbocycles. The van der Waals surface area contributed by atoms with Crippen LogP contribution in [0.15, 0.2) is 18.2 Å². The number of benzene rings is 1. The highest BCUT2D eigenvalue weighted by Gasteiger charge is 2.44. The van der Waals surface area contributed by atoms with Crippen LogP contribution in [0.5, 0.6) is 11.5 Å². The first-order chi connectivity index (χ1) is 12.0. The molecule has 1 saturated heterocycles. The monoisotopic (exact) mass is 344 g/mol. The van der Waals surface area contributed by atoms with Gasteiger partial charge in [0.1, 0.15) is 0 Å². The molecular weight excluding hydrogens is 324 g/mol. The summed E-state index contributed by atoms with van der Waals surface area (Å²) >= 11 is 0. The van der Waals surface area contributed by atoms with E-state index in [-0.39, 0.29) is 43.5 Å². The number of hydrogen-bond acceptors (Lipinski definition) is 5. The van der Waals surface area contributed by atoms with Crippen molar-refractivity contribution in [2.45, 2.75) is 50.7 Å². The summed E-state index contributed by atoms with van der Waals surface area (Å²) in [6.07, 6.45) is 4.49. The van der Waals surface area contributed by atoms with Gasteiger partial charge in [-0.25, -0.2) is 0 Å². The number of fused-ring (bicyclic) bond motifs is 1. The van der Waals surface area contributed by atoms with E-state index in [1.165, 1.54) is 0 Å². The first-order valence-electron chi connectivity index (χ1n) is 8.70. The largest absolute Gasteiger partial charge is 0.448 e. The number of carbonyl (C=O) groups excluding carboxylic acids is 3. The Morgan fingerprint density at radius 2 is 1.76 bits per heavy atom. The number of likely N-dealkylation sites (tertiary alicyclic amines) is 1. The molecule has 3 aliphatic rings. The zero-order valence-corrected chi connectivity index (χ0v) is 13.9. The molecular formula is C18H20N2O5. The minimum atomic E-state index is -0.526. The molecule has 1 aromatic rings. The second-order valence-electron chi connectivity index (χ2n) is 6.72. The predicted molar refractivity (Wildman–Crippen MR) is 88.1 cm³/mol. The van der Waals surface area contributed by atoms with E-state index < -0.39 is 5.79 Å². The van der Waals surface area contributed by atoms with E-state index in [2.05, 4.69) is 5.32 Å². The van der Waals surface area contributed by atoms with Crippen molar-refractivity contribution < 1.29 is 23.9 Å². The predicted octanol–water partition coefficient (Wildman–Crippen LogP) is 2.21. The summed E-state index contributed by atoms with van der Waals surface area (Å²) in [5.41, 5.74) is 0.612. The average Bonchev–Trinajstić information content (AvgIpc) is 3.26. The standard InChI is InChI=1S/C18H20N2O5/c21-15(7-10-20-16(22)5-6-17(20)23)19-12-3-4-13-14(11-12)25-18(24-13)8-1-2-9-18/h3-4,11H,1-2,5-10H2,(H,19,21). The van der Waals surface area contributed by atoms with Crippen molar-refractivity contribution in [1.82, 2.24) is 4.90 Å². The Morgan fingerprint density at radius 1 is 1.08 bits per heavy atom. The molecule has 132 valence electrons. The molecule has 0 radical (unpaired) electrons. The third-order valence-electron chi connectivity index (χ3n) is 4.90. The minimum Gasteiger partial charge on any atom is -0.448 e. The molecule has 1 N–H and O–H groups in total. The van der Waals surface area contributed by atoms with Crippen molar-refractivity contribution in [3.8, 4) is 11.5 Å². The molecule has 0 unspecified atom stereocenters. The number of hydrogen-bond donors (Lipinski definition) is 1. The van der Waals surface area contributed by atoms with Gasteiger partial charge in [0.2, 0.25) is 17.7 Å². The quantitative estimate of drug-likeness (QED) is 0.847. The highest BCUT2D eigenvalue weighted by atomic mass is 16.7. The Kier molecular flexibility index (Phi) is 3.86. The highest BCUT2D eigenvalue weighted by molar-refractivity contribution is 6.02. The first-order valence-corrected chi connectivity index (χ1v) is 8.70. The summed E-state index contributed by atoms with van der Waals surface area (Å²) in [6, 6.07) is 5.32. The number of imide groups is 1. The lowest BCUT2D eigenvalue weighted by Crippen LogP contribution is -2.34. The summed E-state index contributed by atoms with van der Waals surface area (Å²) in [5.74, 6) is 0.159. The summed E-state index contributed by atoms with van der Waals surface area (Å²) in [5, 5.41) is 2.78. The molecule has 1 spiro atoms. The SMILES string of the molecule is O=C(CCN1C(=O)CCC1=O)Nc1ccc2c(c1)OC1(CCCC1)O2. The van der Waals surface area contributed by atoms with E-state index in [1.54, 1.807) is 18.2 Å². The zero-order chi connectivity index (χ0) is 17.4. The van der Waals surface area contributed by atoms with Crippen LogP contribution in [-0.4, -0.2) is 35.0 Å². The second kappa shape index (κ2) is 6.06. The average molecular weight is 344 g/mol. The maximum absolute atomic E-state index is 12.1. The number of carbonyl (C=O) groups is 3. The highest BCUT2D eigenvalue weighted by Crippen LogP contribution is 2.47. The maximum atomic E-state index is 12.1. The fourth-order valence-corrected chi connectivity index (χ4v) is 3.60. The molecule has 25 heavy (non-hydrogen) atoms. The van der Waals surface area contributed by atoms with Crippen molar-refractivity contribution in [2.24, 2.45) is 0 Å². The molecule has 2 heterocycles. The van der Waals surface area contributed by atoms with Gasteiger partial charge >= 0.3 is 0 Å². The van der Waals surface area contributed by atoms with E-state index >= 15 is 0 Å². The number of ether oxygens (including phenoxy) is 2. The fourth-order valence-electron chi connectivity index (χ4n) is 3.60. The Hall–Kier alpha value is -2.57. The van der Waals surface area contributed by atoms with Crippen LogP contribution < -0.4 is 14.8 Å². The molecule has 7 nitrogen and oxygen atoms in total. The summed E-state index contributed by atoms with van der Waals surface area (Å²) in [7, 11) is 0. The van der Waals surface area contributed by atoms with Crippen molar-refractivity contribution in [2.75, 3.05) is 11.9 Å². The number of rotatable bonds is 4. The van der Waals surface area contributed by atoms with Gasteiger partial charge in [0, 0.05) is 50.4 Å². The molecule has 0 atom stereocenters. The number of nitrogens with one attached hydrogen (secondary N) is 1. The van der Waals surface area contributed by atoms with Gasteiger partial charge in [-0.15, -0.1) is 0 Å². The van der Waals surface area contributed by atoms with Crippen molar-refractivity contribution in [3.63, 3.8) is 0 Å². The van der Waals surface area contributed by atoms with Gasteiger partial charge in [-0.3, -0.25) is 19.3 Å². The number of anilines is 1. The molecule has 7 heteroatoms. The lowest BCUT2D eigenvalue weighted by molar-refractivity contribution is -0.138. The summed E-state index contributed by atoms with van der Waals surface area (Å²) in [4.78, 5) is 36.4. The van der Waals surface area contributed by atoms with Gasteiger partial charge in [-0.2, -0.15) is 0 Å². The van der Waals surface area contributed by atoms with Gasteiger partial charge in [-0.05, 0) is 25.0 Å². The van der Waals surface area contributed by atoms with E-state index in [1.807, 2.05) is 0 Å². The molecule has 2 fully saturated rings. The van der Waals surface area contributed by atoms with Gasteiger partial charge in [-0.1, -0.05) is 0 Å². The third kappa shape index (κ3) is 3.06. The molecule has 0 aromatic heterocycles. The Labute approximate surface area is 145 Å². The number of nitrogens with zero attached hydrogens (tertiary/aromatic N) is 1. The van der Waals surface area contributed by atoms with E-state index in [0.29, 0.717) is 17.2 Å². The third-order valence-corrected chi connectivity index (χ3v) is 4.90. The van der Waals surface area contributed by atoms with Crippen LogP contribution in [-0.2, 0) is 14.4 Å². The van der Waals surface area contributed by atoms with E-state index in [9.17, 15) is 14.4 Å². The summed E-state index contributed by atoms with van der Waals surface area (Å²) < 4.78 is 11.9. The second-order valence-corrected chi connectivity index (χ2v) is 6.72. The van der Waals surface area contributed by atoms with Crippen LogP contribution in [0, 0.1) is 0 Å². The molecule has 0 bridgehead atoms. The van der Waals surface area contributed by atoms with Gasteiger partial charge in [0.15, 0.2) is 11.5 Å². The Balaban J connectivity index is 1.35. The lowest BCUT2D eigenvalue weighted by Gasteiger charge is -2.21. The minimum absolute atomic E-state index is 0.0792. The van der Waals surface area contributed by atoms with Crippen LogP contribution in [0.2, 0.25) is 0 Å². The Bertz CT molecular complexity index is 723. The van der Waals surface area contributed by atoms with Crippen LogP contribution in [0.25, 0.3) is 0 Å². The number of amides is 3. The van der Waals surface area contributed by atoms with E-state index in [4.69, 9.17) is 9.47 Å². The van der Waals surface area contributed by atoms with Gasteiger partial charge < -0.3 is 14.8 Å². The molecule has 1 aliphatic carbocycles. The molecule has 1 aromatic carbocycles. The molecule has 3 amide bonds. The first kappa shape index (κ1) is 15.9. The van der Waals surface area contributed by atoms with Crippen LogP contribution >= 0.6 is 0 Å². The smallest absolute Gasteiger partial charge is 0.251 e. The topological polar surface area (TPSA) is 84.9 Å². The molecule has 2 aliphatic heterocycles. The van der Waals surface area contributed by atoms with Crippen molar-refractivity contribution in [1.29, 1.82) is 0 Å². The van der Waals surface area contributed by atoms with Crippen molar-refractivity contribution in [3.05, 3.63) is 18.2 Å². The lowest BCUT2D eigenvalue weighted by atomic mass is 10.2. The van der Waals surface area contributed by atoms with Crippen molar-refractivity contribution >= 4 is 23.4 Å². The molecule has 4 rings (SSSR count). The zero-order valence-electron chi connectivity index (χ0n) is 13.9. The van der Waals surface area contributed by atoms with Crippen LogP contribution in [0.4, 0.5) is 5.69 Å². The van der Waals surface area contributed by atoms with Gasteiger partial charge in [0.25, 0.3) is 5.79 Å². The van der Waals surface area contributed by atoms with Crippen LogP contribution in [0.1, 0.15) is 44.9 Å². The normalized spacial score (nSPS) is 20.6. The fraction of sp³-hybridized carbons (Fsp3) is 0.500. The maximum Gasteiger partial charge on any atom is 0.251 e. The van der Waals surface area contributed by atoms with E-state index in [0.717, 1.165) is 30.6 Å².